The fourth-order valence-corrected chi connectivity index (χ4v) is 2.97. The van der Waals surface area contributed by atoms with Gasteiger partial charge >= 0.3 is 0 Å². The SMILES string of the molecule is Cc1ccc(C(=O)NCCN=C(N)N2CCSCC2)cc1F.I. The van der Waals surface area contributed by atoms with Crippen LogP contribution in [0.2, 0.25) is 0 Å². The Morgan fingerprint density at radius 1 is 1.43 bits per heavy atom. The summed E-state index contributed by atoms with van der Waals surface area (Å²) in [5.74, 6) is 1.97. The van der Waals surface area contributed by atoms with Crippen LogP contribution in [0.1, 0.15) is 15.9 Å². The number of benzene rings is 1. The van der Waals surface area contributed by atoms with Gasteiger partial charge in [-0.2, -0.15) is 11.8 Å². The molecule has 23 heavy (non-hydrogen) atoms. The highest BCUT2D eigenvalue weighted by Crippen LogP contribution is 2.09. The number of nitrogens with one attached hydrogen (secondary N) is 1. The fraction of sp³-hybridized carbons (Fsp3) is 0.467. The molecule has 0 radical (unpaired) electrons. The molecule has 8 heteroatoms. The van der Waals surface area contributed by atoms with Crippen LogP contribution in [0, 0.1) is 12.7 Å². The van der Waals surface area contributed by atoms with Crippen molar-refractivity contribution >= 4 is 47.6 Å². The number of hydrogen-bond donors (Lipinski definition) is 2. The Morgan fingerprint density at radius 3 is 2.78 bits per heavy atom. The lowest BCUT2D eigenvalue weighted by atomic mass is 10.1. The maximum atomic E-state index is 13.4. The zero-order valence-electron chi connectivity index (χ0n) is 13.0. The molecule has 1 fully saturated rings. The number of aliphatic imine (C=N–C) groups is 1. The highest BCUT2D eigenvalue weighted by molar-refractivity contribution is 14.0. The van der Waals surface area contributed by atoms with Crippen LogP contribution >= 0.6 is 35.7 Å². The third-order valence-electron chi connectivity index (χ3n) is 3.44. The Morgan fingerprint density at radius 2 is 2.13 bits per heavy atom. The summed E-state index contributed by atoms with van der Waals surface area (Å²) in [5, 5.41) is 2.71. The number of aryl methyl sites for hydroxylation is 1. The van der Waals surface area contributed by atoms with Crippen LogP contribution in [-0.2, 0) is 0 Å². The number of amides is 1. The standard InChI is InChI=1S/C15H21FN4OS.HI/c1-11-2-3-12(10-13(11)16)14(21)18-4-5-19-15(17)20-6-8-22-9-7-20;/h2-3,10H,4-9H2,1H3,(H2,17,19)(H,18,21);1H. The minimum Gasteiger partial charge on any atom is -0.370 e. The normalized spacial score (nSPS) is 15.0. The number of nitrogens with two attached hydrogens (primary N) is 1. The molecule has 3 N–H and O–H groups in total. The molecule has 5 nitrogen and oxygen atoms in total. The maximum Gasteiger partial charge on any atom is 0.251 e. The van der Waals surface area contributed by atoms with E-state index in [1.54, 1.807) is 19.1 Å². The summed E-state index contributed by atoms with van der Waals surface area (Å²) in [6, 6.07) is 4.44. The summed E-state index contributed by atoms with van der Waals surface area (Å²) in [6.45, 7) is 4.27. The zero-order valence-corrected chi connectivity index (χ0v) is 16.2. The minimum atomic E-state index is -0.377. The van der Waals surface area contributed by atoms with E-state index >= 15 is 0 Å². The van der Waals surface area contributed by atoms with Crippen LogP contribution in [0.25, 0.3) is 0 Å². The van der Waals surface area contributed by atoms with E-state index in [4.69, 9.17) is 5.73 Å². The summed E-state index contributed by atoms with van der Waals surface area (Å²) in [7, 11) is 0. The quantitative estimate of drug-likeness (QED) is 0.317. The molecule has 1 aromatic rings. The van der Waals surface area contributed by atoms with Gasteiger partial charge < -0.3 is 16.0 Å². The van der Waals surface area contributed by atoms with Crippen molar-refractivity contribution in [3.8, 4) is 0 Å². The summed E-state index contributed by atoms with van der Waals surface area (Å²) in [4.78, 5) is 18.2. The van der Waals surface area contributed by atoms with Crippen molar-refractivity contribution in [3.05, 3.63) is 35.1 Å². The van der Waals surface area contributed by atoms with Crippen molar-refractivity contribution in [1.82, 2.24) is 10.2 Å². The highest BCUT2D eigenvalue weighted by atomic mass is 127. The lowest BCUT2D eigenvalue weighted by Gasteiger charge is -2.27. The molecule has 1 heterocycles. The average molecular weight is 452 g/mol. The summed E-state index contributed by atoms with van der Waals surface area (Å²) < 4.78 is 13.4. The highest BCUT2D eigenvalue weighted by Gasteiger charge is 2.12. The minimum absolute atomic E-state index is 0. The van der Waals surface area contributed by atoms with Gasteiger partial charge in [-0.05, 0) is 24.6 Å². The molecule has 0 aliphatic carbocycles. The van der Waals surface area contributed by atoms with Crippen molar-refractivity contribution in [2.24, 2.45) is 10.7 Å². The van der Waals surface area contributed by atoms with Gasteiger partial charge in [0.25, 0.3) is 5.91 Å². The predicted octanol–water partition coefficient (Wildman–Crippen LogP) is 1.85. The number of halogens is 2. The molecule has 1 aliphatic heterocycles. The smallest absolute Gasteiger partial charge is 0.251 e. The van der Waals surface area contributed by atoms with E-state index in [9.17, 15) is 9.18 Å². The monoisotopic (exact) mass is 452 g/mol. The van der Waals surface area contributed by atoms with E-state index in [1.165, 1.54) is 6.07 Å². The van der Waals surface area contributed by atoms with E-state index in [1.807, 2.05) is 16.7 Å². The Hall–Kier alpha value is -1.03. The van der Waals surface area contributed by atoms with E-state index in [-0.39, 0.29) is 35.7 Å². The van der Waals surface area contributed by atoms with Gasteiger partial charge in [0.1, 0.15) is 5.82 Å². The first-order chi connectivity index (χ1) is 10.6. The molecule has 0 unspecified atom stereocenters. The Bertz CT molecular complexity index is 564. The molecule has 1 amide bonds. The summed E-state index contributed by atoms with van der Waals surface area (Å²) >= 11 is 1.91. The van der Waals surface area contributed by atoms with Crippen LogP contribution in [0.15, 0.2) is 23.2 Å². The van der Waals surface area contributed by atoms with E-state index in [2.05, 4.69) is 10.3 Å². The molecule has 0 bridgehead atoms. The maximum absolute atomic E-state index is 13.4. The Balaban J connectivity index is 0.00000264. The third kappa shape index (κ3) is 6.17. The van der Waals surface area contributed by atoms with E-state index < -0.39 is 0 Å². The fourth-order valence-electron chi connectivity index (χ4n) is 2.07. The van der Waals surface area contributed by atoms with Gasteiger partial charge in [-0.25, -0.2) is 4.39 Å². The molecule has 2 rings (SSSR count). The third-order valence-corrected chi connectivity index (χ3v) is 4.38. The Labute approximate surface area is 157 Å². The first-order valence-electron chi connectivity index (χ1n) is 7.25. The molecule has 1 aliphatic rings. The summed E-state index contributed by atoms with van der Waals surface area (Å²) in [6.07, 6.45) is 0. The van der Waals surface area contributed by atoms with Crippen molar-refractivity contribution in [1.29, 1.82) is 0 Å². The molecular weight excluding hydrogens is 430 g/mol. The van der Waals surface area contributed by atoms with Crippen LogP contribution in [0.5, 0.6) is 0 Å². The average Bonchev–Trinajstić information content (AvgIpc) is 2.54. The van der Waals surface area contributed by atoms with Gasteiger partial charge in [-0.15, -0.1) is 24.0 Å². The van der Waals surface area contributed by atoms with Crippen molar-refractivity contribution in [2.45, 2.75) is 6.92 Å². The molecule has 1 saturated heterocycles. The molecule has 0 saturated carbocycles. The van der Waals surface area contributed by atoms with E-state index in [0.29, 0.717) is 30.2 Å². The topological polar surface area (TPSA) is 70.7 Å². The van der Waals surface area contributed by atoms with Gasteiger partial charge in [0.15, 0.2) is 5.96 Å². The summed E-state index contributed by atoms with van der Waals surface area (Å²) in [5.41, 5.74) is 6.75. The zero-order chi connectivity index (χ0) is 15.9. The number of rotatable bonds is 4. The number of thioether (sulfide) groups is 1. The number of hydrogen-bond acceptors (Lipinski definition) is 3. The lowest BCUT2D eigenvalue weighted by Crippen LogP contribution is -2.43. The lowest BCUT2D eigenvalue weighted by molar-refractivity contribution is 0.0954. The van der Waals surface area contributed by atoms with Crippen molar-refractivity contribution in [3.63, 3.8) is 0 Å². The second-order valence-electron chi connectivity index (χ2n) is 5.06. The molecule has 128 valence electrons. The molecule has 0 spiro atoms. The molecule has 0 aromatic heterocycles. The second kappa shape index (κ2) is 9.96. The first kappa shape index (κ1) is 20.0. The van der Waals surface area contributed by atoms with Crippen molar-refractivity contribution in [2.75, 3.05) is 37.7 Å². The van der Waals surface area contributed by atoms with Crippen LogP contribution in [-0.4, -0.2) is 54.5 Å². The number of carbonyl (C=O) groups excluding carboxylic acids is 1. The molecule has 0 atom stereocenters. The first-order valence-corrected chi connectivity index (χ1v) is 8.40. The number of guanidine groups is 1. The predicted molar refractivity (Wildman–Crippen MR) is 104 cm³/mol. The van der Waals surface area contributed by atoms with Gasteiger partial charge in [0.2, 0.25) is 0 Å². The van der Waals surface area contributed by atoms with E-state index in [0.717, 1.165) is 24.6 Å². The Kier molecular flexibility index (Phi) is 8.67. The molecule has 1 aromatic carbocycles. The van der Waals surface area contributed by atoms with Gasteiger partial charge in [-0.1, -0.05) is 6.07 Å². The largest absolute Gasteiger partial charge is 0.370 e. The number of carbonyl (C=O) groups is 1. The molecular formula is C15H22FIN4OS. The van der Waals surface area contributed by atoms with Crippen LogP contribution in [0.3, 0.4) is 0 Å². The second-order valence-corrected chi connectivity index (χ2v) is 6.28. The van der Waals surface area contributed by atoms with Gasteiger partial charge in [0, 0.05) is 36.7 Å². The van der Waals surface area contributed by atoms with Crippen LogP contribution in [0.4, 0.5) is 4.39 Å². The van der Waals surface area contributed by atoms with Crippen LogP contribution < -0.4 is 11.1 Å². The van der Waals surface area contributed by atoms with Crippen molar-refractivity contribution < 1.29 is 9.18 Å². The number of nitrogens with zero attached hydrogens (tertiary/aromatic N) is 2. The van der Waals surface area contributed by atoms with Gasteiger partial charge in [0.05, 0.1) is 6.54 Å². The van der Waals surface area contributed by atoms with Gasteiger partial charge in [-0.3, -0.25) is 9.79 Å².